The lowest BCUT2D eigenvalue weighted by atomic mass is 10.1. The third-order valence-electron chi connectivity index (χ3n) is 3.35. The lowest BCUT2D eigenvalue weighted by Gasteiger charge is -2.34. The monoisotopic (exact) mass is 288 g/mol. The van der Waals surface area contributed by atoms with Gasteiger partial charge in [0.2, 0.25) is 0 Å². The molecule has 1 unspecified atom stereocenters. The van der Waals surface area contributed by atoms with Crippen molar-refractivity contribution in [1.29, 1.82) is 5.26 Å². The SMILES string of the molecule is N#Cc1ccc(Cl)cc1N1CCOC(c2ccco2)C1. The van der Waals surface area contributed by atoms with Crippen LogP contribution >= 0.6 is 11.6 Å². The Hall–Kier alpha value is -1.96. The minimum atomic E-state index is -0.121. The van der Waals surface area contributed by atoms with Crippen LogP contribution in [0.1, 0.15) is 17.4 Å². The van der Waals surface area contributed by atoms with E-state index in [0.717, 1.165) is 18.0 Å². The van der Waals surface area contributed by atoms with E-state index in [4.69, 9.17) is 20.8 Å². The van der Waals surface area contributed by atoms with E-state index in [2.05, 4.69) is 11.0 Å². The summed E-state index contributed by atoms with van der Waals surface area (Å²) < 4.78 is 11.1. The molecule has 1 aliphatic rings. The summed E-state index contributed by atoms with van der Waals surface area (Å²) in [6, 6.07) is 11.2. The summed E-state index contributed by atoms with van der Waals surface area (Å²) in [4.78, 5) is 2.11. The minimum Gasteiger partial charge on any atom is -0.467 e. The third kappa shape index (κ3) is 2.51. The highest BCUT2D eigenvalue weighted by Gasteiger charge is 2.25. The summed E-state index contributed by atoms with van der Waals surface area (Å²) in [7, 11) is 0. The molecule has 1 aromatic heterocycles. The molecular weight excluding hydrogens is 276 g/mol. The molecule has 1 fully saturated rings. The topological polar surface area (TPSA) is 49.4 Å². The Morgan fingerprint density at radius 3 is 3.00 bits per heavy atom. The standard InChI is InChI=1S/C15H13ClN2O2/c16-12-4-3-11(9-17)13(8-12)18-5-7-20-15(10-18)14-2-1-6-19-14/h1-4,6,8,15H,5,7,10H2. The van der Waals surface area contributed by atoms with Gasteiger partial charge in [0.1, 0.15) is 17.9 Å². The first-order valence-electron chi connectivity index (χ1n) is 6.37. The number of halogens is 1. The summed E-state index contributed by atoms with van der Waals surface area (Å²) >= 11 is 6.04. The first-order valence-corrected chi connectivity index (χ1v) is 6.75. The van der Waals surface area contributed by atoms with Crippen molar-refractivity contribution >= 4 is 17.3 Å². The van der Waals surface area contributed by atoms with Gasteiger partial charge in [-0.15, -0.1) is 0 Å². The maximum atomic E-state index is 9.22. The van der Waals surface area contributed by atoms with Crippen LogP contribution in [0, 0.1) is 11.3 Å². The molecule has 0 N–H and O–H groups in total. The number of anilines is 1. The van der Waals surface area contributed by atoms with Crippen molar-refractivity contribution in [1.82, 2.24) is 0 Å². The Bertz CT molecular complexity index is 634. The van der Waals surface area contributed by atoms with Crippen LogP contribution in [0.4, 0.5) is 5.69 Å². The zero-order valence-corrected chi connectivity index (χ0v) is 11.5. The molecule has 0 bridgehead atoms. The van der Waals surface area contributed by atoms with E-state index >= 15 is 0 Å². The highest BCUT2D eigenvalue weighted by molar-refractivity contribution is 6.30. The largest absolute Gasteiger partial charge is 0.467 e. The number of hydrogen-bond acceptors (Lipinski definition) is 4. The molecule has 0 saturated carbocycles. The molecule has 2 aromatic rings. The van der Waals surface area contributed by atoms with E-state index in [1.54, 1.807) is 18.4 Å². The van der Waals surface area contributed by atoms with Crippen molar-refractivity contribution in [3.8, 4) is 6.07 Å². The smallest absolute Gasteiger partial charge is 0.134 e. The first-order chi connectivity index (χ1) is 9.78. The van der Waals surface area contributed by atoms with Crippen LogP contribution in [0.25, 0.3) is 0 Å². The lowest BCUT2D eigenvalue weighted by Crippen LogP contribution is -2.38. The number of furan rings is 1. The van der Waals surface area contributed by atoms with Crippen molar-refractivity contribution in [2.75, 3.05) is 24.6 Å². The number of morpholine rings is 1. The number of nitriles is 1. The Morgan fingerprint density at radius 2 is 2.25 bits per heavy atom. The van der Waals surface area contributed by atoms with Crippen molar-refractivity contribution in [2.45, 2.75) is 6.10 Å². The summed E-state index contributed by atoms with van der Waals surface area (Å²) in [6.07, 6.45) is 1.52. The molecule has 20 heavy (non-hydrogen) atoms. The highest BCUT2D eigenvalue weighted by Crippen LogP contribution is 2.30. The van der Waals surface area contributed by atoms with Gasteiger partial charge >= 0.3 is 0 Å². The molecule has 0 spiro atoms. The van der Waals surface area contributed by atoms with Gasteiger partial charge in [0, 0.05) is 11.6 Å². The zero-order chi connectivity index (χ0) is 13.9. The number of nitrogens with zero attached hydrogens (tertiary/aromatic N) is 2. The minimum absolute atomic E-state index is 0.121. The third-order valence-corrected chi connectivity index (χ3v) is 3.58. The molecule has 1 atom stereocenters. The Morgan fingerprint density at radius 1 is 1.35 bits per heavy atom. The van der Waals surface area contributed by atoms with Gasteiger partial charge in [-0.05, 0) is 30.3 Å². The second-order valence-electron chi connectivity index (χ2n) is 4.59. The van der Waals surface area contributed by atoms with Crippen molar-refractivity contribution in [3.05, 3.63) is 52.9 Å². The van der Waals surface area contributed by atoms with Gasteiger partial charge in [0.25, 0.3) is 0 Å². The van der Waals surface area contributed by atoms with E-state index in [0.29, 0.717) is 23.7 Å². The maximum Gasteiger partial charge on any atom is 0.134 e. The fourth-order valence-corrected chi connectivity index (χ4v) is 2.54. The van der Waals surface area contributed by atoms with Gasteiger partial charge in [0.05, 0.1) is 30.7 Å². The number of ether oxygens (including phenoxy) is 1. The highest BCUT2D eigenvalue weighted by atomic mass is 35.5. The van der Waals surface area contributed by atoms with Crippen LogP contribution in [0.2, 0.25) is 5.02 Å². The predicted molar refractivity (Wildman–Crippen MR) is 75.8 cm³/mol. The molecule has 1 aromatic carbocycles. The van der Waals surface area contributed by atoms with Gasteiger partial charge in [-0.25, -0.2) is 0 Å². The van der Waals surface area contributed by atoms with Crippen LogP contribution in [-0.2, 0) is 4.74 Å². The fraction of sp³-hybridized carbons (Fsp3) is 0.267. The van der Waals surface area contributed by atoms with Crippen molar-refractivity contribution in [3.63, 3.8) is 0 Å². The Labute approximate surface area is 122 Å². The lowest BCUT2D eigenvalue weighted by molar-refractivity contribution is 0.0257. The van der Waals surface area contributed by atoms with E-state index < -0.39 is 0 Å². The molecular formula is C15H13ClN2O2. The number of benzene rings is 1. The van der Waals surface area contributed by atoms with E-state index in [-0.39, 0.29) is 6.10 Å². The molecule has 2 heterocycles. The van der Waals surface area contributed by atoms with E-state index in [1.165, 1.54) is 0 Å². The molecule has 0 radical (unpaired) electrons. The predicted octanol–water partition coefficient (Wildman–Crippen LogP) is 3.38. The van der Waals surface area contributed by atoms with Crippen LogP contribution in [0.3, 0.4) is 0 Å². The van der Waals surface area contributed by atoms with Gasteiger partial charge in [-0.2, -0.15) is 5.26 Å². The number of rotatable bonds is 2. The first kappa shape index (κ1) is 13.0. The van der Waals surface area contributed by atoms with Crippen LogP contribution in [-0.4, -0.2) is 19.7 Å². The average Bonchev–Trinajstić information content (AvgIpc) is 3.01. The molecule has 0 aliphatic carbocycles. The molecule has 3 rings (SSSR count). The van der Waals surface area contributed by atoms with Crippen molar-refractivity contribution < 1.29 is 9.15 Å². The van der Waals surface area contributed by atoms with Gasteiger partial charge in [0.15, 0.2) is 0 Å². The summed E-state index contributed by atoms with van der Waals surface area (Å²) in [5.74, 6) is 0.801. The zero-order valence-electron chi connectivity index (χ0n) is 10.8. The summed E-state index contributed by atoms with van der Waals surface area (Å²) in [5.41, 5.74) is 1.47. The van der Waals surface area contributed by atoms with E-state index in [9.17, 15) is 5.26 Å². The van der Waals surface area contributed by atoms with Gasteiger partial charge < -0.3 is 14.1 Å². The molecule has 0 amide bonds. The Balaban J connectivity index is 1.87. The summed E-state index contributed by atoms with van der Waals surface area (Å²) in [6.45, 7) is 1.96. The normalized spacial score (nSPS) is 18.8. The van der Waals surface area contributed by atoms with Gasteiger partial charge in [-0.3, -0.25) is 0 Å². The second-order valence-corrected chi connectivity index (χ2v) is 5.03. The number of hydrogen-bond donors (Lipinski definition) is 0. The van der Waals surface area contributed by atoms with Crippen molar-refractivity contribution in [2.24, 2.45) is 0 Å². The second kappa shape index (κ2) is 5.58. The molecule has 4 nitrogen and oxygen atoms in total. The molecule has 1 saturated heterocycles. The molecule has 1 aliphatic heterocycles. The van der Waals surface area contributed by atoms with Crippen LogP contribution in [0.15, 0.2) is 41.0 Å². The van der Waals surface area contributed by atoms with Crippen LogP contribution in [0.5, 0.6) is 0 Å². The van der Waals surface area contributed by atoms with Crippen LogP contribution < -0.4 is 4.90 Å². The maximum absolute atomic E-state index is 9.22. The quantitative estimate of drug-likeness (QED) is 0.850. The fourth-order valence-electron chi connectivity index (χ4n) is 2.38. The molecule has 102 valence electrons. The average molecular weight is 289 g/mol. The van der Waals surface area contributed by atoms with Gasteiger partial charge in [-0.1, -0.05) is 11.6 Å². The van der Waals surface area contributed by atoms with E-state index in [1.807, 2.05) is 18.2 Å². The summed E-state index contributed by atoms with van der Waals surface area (Å²) in [5, 5.41) is 9.85. The Kier molecular flexibility index (Phi) is 3.64. The molecule has 5 heteroatoms.